The van der Waals surface area contributed by atoms with Crippen molar-refractivity contribution in [2.75, 3.05) is 16.8 Å². The molecule has 0 aliphatic carbocycles. The lowest BCUT2D eigenvalue weighted by Crippen LogP contribution is -2.25. The van der Waals surface area contributed by atoms with Crippen LogP contribution in [-0.4, -0.2) is 22.5 Å². The van der Waals surface area contributed by atoms with Gasteiger partial charge in [0.05, 0.1) is 10.0 Å². The fourth-order valence-electron chi connectivity index (χ4n) is 1.58. The molecule has 1 aromatic heterocycles. The van der Waals surface area contributed by atoms with E-state index in [4.69, 9.17) is 34.8 Å². The second-order valence-corrected chi connectivity index (χ2v) is 6.02. The SMILES string of the molecule is Clc1cc(Cl)c(NC2CCSCC2)nc1Cl. The number of anilines is 1. The standard InChI is InChI=1S/C10H11Cl3N2S/c11-7-5-8(12)10(15-9(7)13)14-6-1-3-16-4-2-6/h5-6H,1-4H2,(H,14,15). The van der Waals surface area contributed by atoms with E-state index in [1.807, 2.05) is 11.8 Å². The molecule has 0 bridgehead atoms. The molecule has 1 fully saturated rings. The molecule has 2 nitrogen and oxygen atoms in total. The van der Waals surface area contributed by atoms with Gasteiger partial charge in [-0.3, -0.25) is 0 Å². The van der Waals surface area contributed by atoms with Crippen molar-refractivity contribution in [1.82, 2.24) is 4.98 Å². The van der Waals surface area contributed by atoms with Crippen molar-refractivity contribution in [3.63, 3.8) is 0 Å². The van der Waals surface area contributed by atoms with Crippen LogP contribution in [0.1, 0.15) is 12.8 Å². The van der Waals surface area contributed by atoms with Gasteiger partial charge in [0.15, 0.2) is 0 Å². The third-order valence-electron chi connectivity index (χ3n) is 2.45. The van der Waals surface area contributed by atoms with Crippen LogP contribution in [0.15, 0.2) is 6.07 Å². The van der Waals surface area contributed by atoms with E-state index >= 15 is 0 Å². The predicted octanol–water partition coefficient (Wildman–Crippen LogP) is 4.35. The molecule has 0 amide bonds. The van der Waals surface area contributed by atoms with E-state index in [0.717, 1.165) is 12.8 Å². The first-order valence-corrected chi connectivity index (χ1v) is 7.31. The molecule has 1 aliphatic heterocycles. The van der Waals surface area contributed by atoms with E-state index in [0.29, 0.717) is 27.1 Å². The molecule has 6 heteroatoms. The number of nitrogens with zero attached hydrogens (tertiary/aromatic N) is 1. The molecule has 1 N–H and O–H groups in total. The van der Waals surface area contributed by atoms with Gasteiger partial charge in [0.25, 0.3) is 0 Å². The molecule has 16 heavy (non-hydrogen) atoms. The summed E-state index contributed by atoms with van der Waals surface area (Å²) in [7, 11) is 0. The van der Waals surface area contributed by atoms with Crippen molar-refractivity contribution in [3.05, 3.63) is 21.3 Å². The lowest BCUT2D eigenvalue weighted by atomic mass is 10.1. The highest BCUT2D eigenvalue weighted by atomic mass is 35.5. The van der Waals surface area contributed by atoms with Crippen LogP contribution in [0.5, 0.6) is 0 Å². The first-order valence-electron chi connectivity index (χ1n) is 5.02. The Morgan fingerprint density at radius 3 is 2.56 bits per heavy atom. The topological polar surface area (TPSA) is 24.9 Å². The Morgan fingerprint density at radius 2 is 1.88 bits per heavy atom. The molecular weight excluding hydrogens is 287 g/mol. The summed E-state index contributed by atoms with van der Waals surface area (Å²) < 4.78 is 0. The molecule has 0 aromatic carbocycles. The summed E-state index contributed by atoms with van der Waals surface area (Å²) in [5.74, 6) is 2.99. The largest absolute Gasteiger partial charge is 0.366 e. The maximum absolute atomic E-state index is 6.05. The molecule has 0 atom stereocenters. The van der Waals surface area contributed by atoms with Gasteiger partial charge < -0.3 is 5.32 Å². The molecular formula is C10H11Cl3N2S. The number of rotatable bonds is 2. The number of aromatic nitrogens is 1. The highest BCUT2D eigenvalue weighted by Crippen LogP contribution is 2.30. The number of pyridine rings is 1. The molecule has 0 spiro atoms. The lowest BCUT2D eigenvalue weighted by molar-refractivity contribution is 0.664. The number of hydrogen-bond acceptors (Lipinski definition) is 3. The second-order valence-electron chi connectivity index (χ2n) is 3.62. The van der Waals surface area contributed by atoms with Gasteiger partial charge in [0.1, 0.15) is 11.0 Å². The van der Waals surface area contributed by atoms with Gasteiger partial charge >= 0.3 is 0 Å². The third kappa shape index (κ3) is 3.10. The van der Waals surface area contributed by atoms with E-state index in [-0.39, 0.29) is 0 Å². The Labute approximate surface area is 114 Å². The van der Waals surface area contributed by atoms with E-state index in [2.05, 4.69) is 10.3 Å². The molecule has 0 radical (unpaired) electrons. The van der Waals surface area contributed by atoms with Crippen molar-refractivity contribution in [3.8, 4) is 0 Å². The van der Waals surface area contributed by atoms with E-state index < -0.39 is 0 Å². The summed E-state index contributed by atoms with van der Waals surface area (Å²) in [5.41, 5.74) is 0. The summed E-state index contributed by atoms with van der Waals surface area (Å²) in [6, 6.07) is 2.06. The molecule has 1 aliphatic rings. The summed E-state index contributed by atoms with van der Waals surface area (Å²) in [4.78, 5) is 4.15. The van der Waals surface area contributed by atoms with Crippen molar-refractivity contribution in [2.45, 2.75) is 18.9 Å². The van der Waals surface area contributed by atoms with Gasteiger partial charge in [-0.05, 0) is 30.4 Å². The van der Waals surface area contributed by atoms with Crippen LogP contribution in [0, 0.1) is 0 Å². The fraction of sp³-hybridized carbons (Fsp3) is 0.500. The van der Waals surface area contributed by atoms with E-state index in [1.165, 1.54) is 11.5 Å². The van der Waals surface area contributed by atoms with Crippen molar-refractivity contribution < 1.29 is 0 Å². The Kier molecular flexibility index (Phi) is 4.48. The zero-order chi connectivity index (χ0) is 11.5. The molecule has 1 aromatic rings. The van der Waals surface area contributed by atoms with Crippen LogP contribution in [-0.2, 0) is 0 Å². The molecule has 0 unspecified atom stereocenters. The summed E-state index contributed by atoms with van der Waals surface area (Å²) in [5, 5.41) is 4.51. The molecule has 2 heterocycles. The molecule has 0 saturated carbocycles. The van der Waals surface area contributed by atoms with Gasteiger partial charge in [0, 0.05) is 6.04 Å². The minimum absolute atomic E-state index is 0.291. The van der Waals surface area contributed by atoms with Crippen LogP contribution >= 0.6 is 46.6 Å². The number of thioether (sulfide) groups is 1. The number of hydrogen-bond donors (Lipinski definition) is 1. The Hall–Kier alpha value is 0.170. The van der Waals surface area contributed by atoms with Gasteiger partial charge in [-0.1, -0.05) is 34.8 Å². The van der Waals surface area contributed by atoms with Gasteiger partial charge in [0.2, 0.25) is 0 Å². The summed E-state index contributed by atoms with van der Waals surface area (Å²) in [6.45, 7) is 0. The zero-order valence-electron chi connectivity index (χ0n) is 8.47. The maximum Gasteiger partial charge on any atom is 0.150 e. The van der Waals surface area contributed by atoms with E-state index in [9.17, 15) is 0 Å². The monoisotopic (exact) mass is 296 g/mol. The number of nitrogens with one attached hydrogen (secondary N) is 1. The Bertz CT molecular complexity index is 381. The van der Waals surface area contributed by atoms with Crippen LogP contribution in [0.3, 0.4) is 0 Å². The van der Waals surface area contributed by atoms with Gasteiger partial charge in [-0.15, -0.1) is 0 Å². The minimum atomic E-state index is 0.291. The lowest BCUT2D eigenvalue weighted by Gasteiger charge is -2.23. The highest BCUT2D eigenvalue weighted by Gasteiger charge is 2.16. The van der Waals surface area contributed by atoms with Crippen molar-refractivity contribution in [1.29, 1.82) is 0 Å². The van der Waals surface area contributed by atoms with Crippen LogP contribution in [0.4, 0.5) is 5.82 Å². The normalized spacial score (nSPS) is 17.4. The average molecular weight is 298 g/mol. The molecule has 88 valence electrons. The maximum atomic E-state index is 6.05. The molecule has 1 saturated heterocycles. The first-order chi connectivity index (χ1) is 7.66. The van der Waals surface area contributed by atoms with Crippen LogP contribution in [0.2, 0.25) is 15.2 Å². The summed E-state index contributed by atoms with van der Waals surface area (Å²) >= 11 is 19.7. The summed E-state index contributed by atoms with van der Waals surface area (Å²) in [6.07, 6.45) is 2.26. The fourth-order valence-corrected chi connectivity index (χ4v) is 3.24. The predicted molar refractivity (Wildman–Crippen MR) is 73.2 cm³/mol. The molecule has 2 rings (SSSR count). The van der Waals surface area contributed by atoms with Crippen molar-refractivity contribution >= 4 is 52.4 Å². The van der Waals surface area contributed by atoms with Crippen LogP contribution < -0.4 is 5.32 Å². The Balaban J connectivity index is 2.11. The smallest absolute Gasteiger partial charge is 0.150 e. The third-order valence-corrected chi connectivity index (χ3v) is 4.46. The average Bonchev–Trinajstić information content (AvgIpc) is 2.27. The highest BCUT2D eigenvalue weighted by molar-refractivity contribution is 7.99. The quantitative estimate of drug-likeness (QED) is 0.822. The Morgan fingerprint density at radius 1 is 1.19 bits per heavy atom. The van der Waals surface area contributed by atoms with E-state index in [1.54, 1.807) is 6.07 Å². The van der Waals surface area contributed by atoms with Crippen LogP contribution in [0.25, 0.3) is 0 Å². The zero-order valence-corrected chi connectivity index (χ0v) is 11.6. The van der Waals surface area contributed by atoms with Gasteiger partial charge in [-0.25, -0.2) is 4.98 Å². The number of halogens is 3. The van der Waals surface area contributed by atoms with Gasteiger partial charge in [-0.2, -0.15) is 11.8 Å². The minimum Gasteiger partial charge on any atom is -0.366 e. The first kappa shape index (κ1) is 12.6. The van der Waals surface area contributed by atoms with Crippen molar-refractivity contribution in [2.24, 2.45) is 0 Å². The second kappa shape index (κ2) is 5.67.